The van der Waals surface area contributed by atoms with Crippen molar-refractivity contribution in [1.82, 2.24) is 9.88 Å². The van der Waals surface area contributed by atoms with Gasteiger partial charge in [0, 0.05) is 18.9 Å². The van der Waals surface area contributed by atoms with Crippen LogP contribution in [0.3, 0.4) is 0 Å². The Morgan fingerprint density at radius 1 is 0.921 bits per heavy atom. The van der Waals surface area contributed by atoms with Gasteiger partial charge in [0.25, 0.3) is 0 Å². The highest BCUT2D eigenvalue weighted by Crippen LogP contribution is 2.36. The normalized spacial score (nSPS) is 18.1. The fourth-order valence-corrected chi connectivity index (χ4v) is 3.10. The van der Waals surface area contributed by atoms with E-state index in [0.29, 0.717) is 12.6 Å². The number of nitrogens with zero attached hydrogens (tertiary/aromatic N) is 2. The largest absolute Gasteiger partial charge is 0.449 e. The Hall–Kier alpha value is -3.11. The van der Waals surface area contributed by atoms with E-state index in [-0.39, 0.29) is 24.4 Å². The first-order valence-corrected chi connectivity index (χ1v) is 10.6. The third-order valence-electron chi connectivity index (χ3n) is 4.62. The van der Waals surface area contributed by atoms with Crippen molar-refractivity contribution in [3.63, 3.8) is 0 Å². The molecular formula is C20H18ClF9N2O6. The number of alkyl halides is 9. The molecule has 0 N–H and O–H groups in total. The van der Waals surface area contributed by atoms with Gasteiger partial charge in [-0.2, -0.15) is 39.5 Å². The summed E-state index contributed by atoms with van der Waals surface area (Å²) in [6, 6.07) is -0.100. The molecule has 2 heterocycles. The van der Waals surface area contributed by atoms with E-state index in [1.807, 2.05) is 0 Å². The first kappa shape index (κ1) is 32.9. The molecule has 0 radical (unpaired) electrons. The summed E-state index contributed by atoms with van der Waals surface area (Å²) in [5.74, 6) is -4.82. The number of ether oxygens (including phenoxy) is 2. The van der Waals surface area contributed by atoms with Gasteiger partial charge >= 0.3 is 41.6 Å². The number of carbonyl (C=O) groups is 4. The second-order valence-corrected chi connectivity index (χ2v) is 8.16. The van der Waals surface area contributed by atoms with Crippen LogP contribution < -0.4 is 0 Å². The highest BCUT2D eigenvalue weighted by atomic mass is 35.5. The minimum atomic E-state index is -4.80. The molecule has 1 aliphatic heterocycles. The van der Waals surface area contributed by atoms with Gasteiger partial charge in [-0.1, -0.05) is 6.92 Å². The number of halogens is 10. The number of rotatable bonds is 4. The molecule has 0 bridgehead atoms. The molecular weight excluding hydrogens is 571 g/mol. The van der Waals surface area contributed by atoms with Crippen LogP contribution in [0.4, 0.5) is 39.5 Å². The van der Waals surface area contributed by atoms with E-state index >= 15 is 0 Å². The molecule has 0 aliphatic carbocycles. The van der Waals surface area contributed by atoms with Crippen LogP contribution in [-0.4, -0.2) is 65.1 Å². The Morgan fingerprint density at radius 3 is 1.92 bits per heavy atom. The molecule has 2 atom stereocenters. The highest BCUT2D eigenvalue weighted by Gasteiger charge is 2.39. The van der Waals surface area contributed by atoms with Crippen molar-refractivity contribution in [3.8, 4) is 0 Å². The van der Waals surface area contributed by atoms with Crippen LogP contribution in [0.1, 0.15) is 36.9 Å². The molecule has 1 aliphatic rings. The molecule has 1 amide bonds. The van der Waals surface area contributed by atoms with E-state index in [0.717, 1.165) is 17.2 Å². The summed E-state index contributed by atoms with van der Waals surface area (Å²) in [6.07, 6.45) is -11.5. The van der Waals surface area contributed by atoms with Crippen LogP contribution in [0.2, 0.25) is 0 Å². The second kappa shape index (κ2) is 13.1. The standard InChI is InChI=1S/C16H16F6N2O3.C4H2ClF3O3/c1-9-2-3-12(10-4-11(6-23-5-10)16(20,21)22)24(7-9)13(25)14(26)27-8-15(17,18)19;5-2(9)3(10)11-1-4(6,7)8/h4-6,9,12H,2-3,7-8H2,1H3;1H2/t9-,12+;/m0./s1. The van der Waals surface area contributed by atoms with Gasteiger partial charge in [0.1, 0.15) is 0 Å². The van der Waals surface area contributed by atoms with Crippen molar-refractivity contribution in [1.29, 1.82) is 0 Å². The summed E-state index contributed by atoms with van der Waals surface area (Å²) < 4.78 is 116. The number of piperidine rings is 1. The van der Waals surface area contributed by atoms with Crippen LogP contribution in [0.15, 0.2) is 18.5 Å². The Kier molecular flexibility index (Phi) is 11.4. The average molecular weight is 589 g/mol. The predicted octanol–water partition coefficient (Wildman–Crippen LogP) is 4.36. The molecule has 8 nitrogen and oxygen atoms in total. The number of carbonyl (C=O) groups excluding carboxylic acids is 4. The van der Waals surface area contributed by atoms with Gasteiger partial charge in [0.2, 0.25) is 0 Å². The third kappa shape index (κ3) is 11.5. The zero-order valence-corrected chi connectivity index (χ0v) is 19.8. The monoisotopic (exact) mass is 588 g/mol. The SMILES string of the molecule is C[C@H]1CC[C@H](c2cncc(C(F)(F)F)c2)N(C(=O)C(=O)OCC(F)(F)F)C1.O=C(Cl)C(=O)OCC(F)(F)F. The summed E-state index contributed by atoms with van der Waals surface area (Å²) >= 11 is 4.48. The first-order valence-electron chi connectivity index (χ1n) is 10.2. The molecule has 0 saturated carbocycles. The lowest BCUT2D eigenvalue weighted by Gasteiger charge is -2.38. The van der Waals surface area contributed by atoms with Crippen LogP contribution in [-0.2, 0) is 34.8 Å². The maximum atomic E-state index is 12.9. The molecule has 1 saturated heterocycles. The molecule has 1 aromatic heterocycles. The number of aromatic nitrogens is 1. The average Bonchev–Trinajstić information content (AvgIpc) is 2.79. The summed E-state index contributed by atoms with van der Waals surface area (Å²) in [7, 11) is 0. The lowest BCUT2D eigenvalue weighted by atomic mass is 9.90. The Bertz CT molecular complexity index is 1010. The number of hydrogen-bond acceptors (Lipinski definition) is 7. The van der Waals surface area contributed by atoms with Gasteiger partial charge in [-0.05, 0) is 42.0 Å². The lowest BCUT2D eigenvalue weighted by Crippen LogP contribution is -2.45. The van der Waals surface area contributed by atoms with Crippen molar-refractivity contribution in [3.05, 3.63) is 29.6 Å². The third-order valence-corrected chi connectivity index (χ3v) is 4.77. The smallest absolute Gasteiger partial charge is 0.422 e. The number of likely N-dealkylation sites (tertiary alicyclic amines) is 1. The minimum Gasteiger partial charge on any atom is -0.449 e. The molecule has 2 rings (SSSR count). The maximum Gasteiger partial charge on any atom is 0.422 e. The zero-order valence-electron chi connectivity index (χ0n) is 19.0. The predicted molar refractivity (Wildman–Crippen MR) is 107 cm³/mol. The molecule has 1 aromatic rings. The number of hydrogen-bond donors (Lipinski definition) is 0. The van der Waals surface area contributed by atoms with Gasteiger partial charge in [-0.3, -0.25) is 14.6 Å². The number of pyridine rings is 1. The van der Waals surface area contributed by atoms with Crippen molar-refractivity contribution >= 4 is 34.7 Å². The summed E-state index contributed by atoms with van der Waals surface area (Å²) in [4.78, 5) is 48.2. The minimum absolute atomic E-state index is 0.000856. The van der Waals surface area contributed by atoms with E-state index in [2.05, 4.69) is 26.1 Å². The van der Waals surface area contributed by atoms with E-state index in [1.165, 1.54) is 0 Å². The summed E-state index contributed by atoms with van der Waals surface area (Å²) in [5, 5.41) is -1.57. The van der Waals surface area contributed by atoms with Crippen molar-refractivity contribution < 1.29 is 68.2 Å². The van der Waals surface area contributed by atoms with Crippen molar-refractivity contribution in [2.45, 2.75) is 44.3 Å². The van der Waals surface area contributed by atoms with Gasteiger partial charge in [-0.15, -0.1) is 0 Å². The van der Waals surface area contributed by atoms with E-state index in [9.17, 15) is 58.7 Å². The van der Waals surface area contributed by atoms with Gasteiger partial charge in [0.15, 0.2) is 13.2 Å². The fraction of sp³-hybridized carbons (Fsp3) is 0.550. The zero-order chi connectivity index (χ0) is 29.5. The topological polar surface area (TPSA) is 103 Å². The quantitative estimate of drug-likeness (QED) is 0.223. The van der Waals surface area contributed by atoms with Crippen LogP contribution in [0.5, 0.6) is 0 Å². The van der Waals surface area contributed by atoms with Crippen molar-refractivity contribution in [2.24, 2.45) is 5.92 Å². The summed E-state index contributed by atoms with van der Waals surface area (Å²) in [6.45, 7) is -1.97. The van der Waals surface area contributed by atoms with E-state index in [4.69, 9.17) is 0 Å². The van der Waals surface area contributed by atoms with E-state index < -0.39 is 66.4 Å². The van der Waals surface area contributed by atoms with Crippen molar-refractivity contribution in [2.75, 3.05) is 19.8 Å². The molecule has 214 valence electrons. The number of esters is 2. The van der Waals surface area contributed by atoms with Crippen LogP contribution in [0, 0.1) is 5.92 Å². The molecule has 18 heteroatoms. The highest BCUT2D eigenvalue weighted by molar-refractivity contribution is 6.80. The molecule has 0 aromatic carbocycles. The number of amides is 1. The van der Waals surface area contributed by atoms with Crippen LogP contribution in [0.25, 0.3) is 0 Å². The van der Waals surface area contributed by atoms with Gasteiger partial charge in [-0.25, -0.2) is 9.59 Å². The molecule has 38 heavy (non-hydrogen) atoms. The molecule has 0 unspecified atom stereocenters. The molecule has 1 fully saturated rings. The Balaban J connectivity index is 0.000000554. The lowest BCUT2D eigenvalue weighted by molar-refractivity contribution is -0.190. The fourth-order valence-electron chi connectivity index (χ4n) is 3.05. The Labute approximate surface area is 213 Å². The first-order chi connectivity index (χ1) is 17.2. The molecule has 0 spiro atoms. The van der Waals surface area contributed by atoms with E-state index in [1.54, 1.807) is 6.92 Å². The van der Waals surface area contributed by atoms with Gasteiger partial charge < -0.3 is 14.4 Å². The summed E-state index contributed by atoms with van der Waals surface area (Å²) in [5.41, 5.74) is -0.973. The van der Waals surface area contributed by atoms with Gasteiger partial charge in [0.05, 0.1) is 11.6 Å². The Morgan fingerprint density at radius 2 is 1.45 bits per heavy atom. The second-order valence-electron chi connectivity index (χ2n) is 7.82. The van der Waals surface area contributed by atoms with Crippen LogP contribution >= 0.6 is 11.6 Å². The maximum absolute atomic E-state index is 12.9.